The van der Waals surface area contributed by atoms with Crippen LogP contribution in [0.25, 0.3) is 11.1 Å². The van der Waals surface area contributed by atoms with E-state index in [1.807, 2.05) is 24.5 Å². The van der Waals surface area contributed by atoms with Crippen molar-refractivity contribution in [3.63, 3.8) is 0 Å². The quantitative estimate of drug-likeness (QED) is 0.291. The van der Waals surface area contributed by atoms with E-state index in [1.165, 1.54) is 38.9 Å². The molecule has 0 atom stereocenters. The molecule has 4 rings (SSSR count). The lowest BCUT2D eigenvalue weighted by Crippen LogP contribution is -2.33. The maximum atomic E-state index is 4.10. The number of pyridine rings is 2. The smallest absolute Gasteiger partial charge is 0.173 e. The van der Waals surface area contributed by atoms with Gasteiger partial charge in [-0.25, -0.2) is 4.57 Å². The third kappa shape index (κ3) is 6.89. The average Bonchev–Trinajstić information content (AvgIpc) is 2.85. The maximum absolute atomic E-state index is 4.10. The fraction of sp³-hybridized carbons (Fsp3) is 0.333. The third-order valence-corrected chi connectivity index (χ3v) is 6.68. The molecule has 3 heteroatoms. The van der Waals surface area contributed by atoms with E-state index in [1.54, 1.807) is 0 Å². The lowest BCUT2D eigenvalue weighted by atomic mass is 9.79. The highest BCUT2D eigenvalue weighted by atomic mass is 14.9. The van der Waals surface area contributed by atoms with Crippen LogP contribution in [0.4, 0.5) is 0 Å². The molecular formula is C33H40N3+. The first-order valence-electron chi connectivity index (χ1n) is 12.9. The van der Waals surface area contributed by atoms with Gasteiger partial charge in [-0.05, 0) is 56.3 Å². The molecule has 186 valence electrons. The van der Waals surface area contributed by atoms with Gasteiger partial charge in [0.25, 0.3) is 0 Å². The van der Waals surface area contributed by atoms with Gasteiger partial charge in [0.1, 0.15) is 0 Å². The summed E-state index contributed by atoms with van der Waals surface area (Å²) in [6.07, 6.45) is 7.95. The number of benzene rings is 2. The molecular weight excluding hydrogens is 438 g/mol. The predicted octanol–water partition coefficient (Wildman–Crippen LogP) is 6.97. The number of hydrogen-bond acceptors (Lipinski definition) is 2. The summed E-state index contributed by atoms with van der Waals surface area (Å²) in [5.74, 6) is 0. The van der Waals surface area contributed by atoms with Gasteiger partial charge in [-0.2, -0.15) is 0 Å². The highest BCUT2D eigenvalue weighted by molar-refractivity contribution is 5.61. The first kappa shape index (κ1) is 25.8. The molecule has 2 heterocycles. The van der Waals surface area contributed by atoms with Crippen LogP contribution in [0.1, 0.15) is 69.4 Å². The van der Waals surface area contributed by atoms with Gasteiger partial charge in [-0.15, -0.1) is 0 Å². The molecule has 0 bridgehead atoms. The summed E-state index contributed by atoms with van der Waals surface area (Å²) in [5.41, 5.74) is 9.45. The molecule has 0 radical (unpaired) electrons. The van der Waals surface area contributed by atoms with Crippen molar-refractivity contribution in [1.82, 2.24) is 10.3 Å². The Bertz CT molecular complexity index is 1230. The van der Waals surface area contributed by atoms with Crippen LogP contribution in [-0.2, 0) is 30.5 Å². The summed E-state index contributed by atoms with van der Waals surface area (Å²) >= 11 is 0. The molecule has 3 nitrogen and oxygen atoms in total. The molecule has 0 unspecified atom stereocenters. The molecule has 2 aromatic heterocycles. The SMILES string of the molecule is CC(C)(C)c1cc(CNCc2ccc(C[n+]3ccc(-c4ccncc4)cc3)cc2)cc(C(C)(C)C)c1. The molecule has 2 aromatic carbocycles. The minimum atomic E-state index is 0.142. The minimum Gasteiger partial charge on any atom is -0.309 e. The Kier molecular flexibility index (Phi) is 7.70. The molecule has 0 saturated carbocycles. The standard InChI is InChI=1S/C33H40N3/c1-32(2,3)30-19-27(20-31(21-30)33(4,5)6)23-35-22-25-7-9-26(10-8-25)24-36-17-13-29(14-18-36)28-11-15-34-16-12-28/h7-21,35H,22-24H2,1-6H3/q+1. The van der Waals surface area contributed by atoms with Gasteiger partial charge in [-0.3, -0.25) is 4.98 Å². The summed E-state index contributed by atoms with van der Waals surface area (Å²) in [6, 6.07) is 24.4. The van der Waals surface area contributed by atoms with E-state index in [2.05, 4.69) is 123 Å². The van der Waals surface area contributed by atoms with Crippen LogP contribution in [0.3, 0.4) is 0 Å². The summed E-state index contributed by atoms with van der Waals surface area (Å²) in [7, 11) is 0. The van der Waals surface area contributed by atoms with Crippen molar-refractivity contribution in [3.8, 4) is 11.1 Å². The van der Waals surface area contributed by atoms with Crippen molar-refractivity contribution in [2.75, 3.05) is 0 Å². The first-order chi connectivity index (χ1) is 17.1. The Morgan fingerprint density at radius 1 is 0.611 bits per heavy atom. The Morgan fingerprint density at radius 2 is 1.11 bits per heavy atom. The van der Waals surface area contributed by atoms with Gasteiger partial charge in [0.15, 0.2) is 18.9 Å². The van der Waals surface area contributed by atoms with Crippen LogP contribution in [0.15, 0.2) is 91.5 Å². The van der Waals surface area contributed by atoms with Gasteiger partial charge in [0.2, 0.25) is 0 Å². The fourth-order valence-corrected chi connectivity index (χ4v) is 4.28. The van der Waals surface area contributed by atoms with E-state index in [0.717, 1.165) is 19.6 Å². The molecule has 36 heavy (non-hydrogen) atoms. The van der Waals surface area contributed by atoms with E-state index in [9.17, 15) is 0 Å². The van der Waals surface area contributed by atoms with Crippen LogP contribution in [0.5, 0.6) is 0 Å². The van der Waals surface area contributed by atoms with E-state index < -0.39 is 0 Å². The van der Waals surface area contributed by atoms with Gasteiger partial charge >= 0.3 is 0 Å². The van der Waals surface area contributed by atoms with E-state index in [0.29, 0.717) is 0 Å². The zero-order chi connectivity index (χ0) is 25.8. The summed E-state index contributed by atoms with van der Waals surface area (Å²) < 4.78 is 2.22. The third-order valence-electron chi connectivity index (χ3n) is 6.68. The van der Waals surface area contributed by atoms with Crippen molar-refractivity contribution in [2.24, 2.45) is 0 Å². The Balaban J connectivity index is 1.35. The van der Waals surface area contributed by atoms with Crippen molar-refractivity contribution in [3.05, 3.63) is 119 Å². The molecule has 0 aliphatic carbocycles. The van der Waals surface area contributed by atoms with E-state index >= 15 is 0 Å². The Labute approximate surface area is 217 Å². The molecule has 0 aliphatic heterocycles. The number of rotatable bonds is 7. The average molecular weight is 479 g/mol. The number of aromatic nitrogens is 2. The van der Waals surface area contributed by atoms with Crippen LogP contribution in [0, 0.1) is 0 Å². The first-order valence-corrected chi connectivity index (χ1v) is 12.9. The summed E-state index contributed by atoms with van der Waals surface area (Å²) in [4.78, 5) is 4.10. The monoisotopic (exact) mass is 478 g/mol. The number of nitrogens with zero attached hydrogens (tertiary/aromatic N) is 2. The highest BCUT2D eigenvalue weighted by Crippen LogP contribution is 2.30. The second-order valence-electron chi connectivity index (χ2n) is 11.8. The number of hydrogen-bond donors (Lipinski definition) is 1. The van der Waals surface area contributed by atoms with Crippen LogP contribution in [0.2, 0.25) is 0 Å². The molecule has 0 spiro atoms. The summed E-state index contributed by atoms with van der Waals surface area (Å²) in [6.45, 7) is 16.3. The van der Waals surface area contributed by atoms with E-state index in [4.69, 9.17) is 0 Å². The van der Waals surface area contributed by atoms with Crippen LogP contribution < -0.4 is 9.88 Å². The van der Waals surface area contributed by atoms with Gasteiger partial charge in [0, 0.05) is 43.2 Å². The van der Waals surface area contributed by atoms with Crippen molar-refractivity contribution >= 4 is 0 Å². The number of nitrogens with one attached hydrogen (secondary N) is 1. The zero-order valence-corrected chi connectivity index (χ0v) is 22.7. The lowest BCUT2D eigenvalue weighted by molar-refractivity contribution is -0.688. The zero-order valence-electron chi connectivity index (χ0n) is 22.7. The normalized spacial score (nSPS) is 12.1. The largest absolute Gasteiger partial charge is 0.309 e. The Hall–Kier alpha value is -3.30. The maximum Gasteiger partial charge on any atom is 0.173 e. The fourth-order valence-electron chi connectivity index (χ4n) is 4.28. The molecule has 0 amide bonds. The van der Waals surface area contributed by atoms with Crippen LogP contribution in [-0.4, -0.2) is 4.98 Å². The molecule has 0 saturated heterocycles. The predicted molar refractivity (Wildman–Crippen MR) is 150 cm³/mol. The summed E-state index contributed by atoms with van der Waals surface area (Å²) in [5, 5.41) is 3.66. The van der Waals surface area contributed by atoms with Gasteiger partial charge < -0.3 is 5.32 Å². The lowest BCUT2D eigenvalue weighted by Gasteiger charge is -2.26. The van der Waals surface area contributed by atoms with Crippen molar-refractivity contribution in [2.45, 2.75) is 72.0 Å². The second-order valence-corrected chi connectivity index (χ2v) is 11.8. The molecule has 0 aliphatic rings. The highest BCUT2D eigenvalue weighted by Gasteiger charge is 2.20. The van der Waals surface area contributed by atoms with Gasteiger partial charge in [0.05, 0.1) is 0 Å². The Morgan fingerprint density at radius 3 is 1.67 bits per heavy atom. The molecule has 4 aromatic rings. The second kappa shape index (κ2) is 10.8. The topological polar surface area (TPSA) is 28.8 Å². The van der Waals surface area contributed by atoms with Crippen molar-refractivity contribution < 1.29 is 4.57 Å². The van der Waals surface area contributed by atoms with Gasteiger partial charge in [-0.1, -0.05) is 84.0 Å². The van der Waals surface area contributed by atoms with Crippen molar-refractivity contribution in [1.29, 1.82) is 0 Å². The molecule has 0 fully saturated rings. The van der Waals surface area contributed by atoms with Crippen LogP contribution >= 0.6 is 0 Å². The minimum absolute atomic E-state index is 0.142. The van der Waals surface area contributed by atoms with E-state index in [-0.39, 0.29) is 10.8 Å². The molecule has 1 N–H and O–H groups in total.